The Morgan fingerprint density at radius 3 is 2.48 bits per heavy atom. The van der Waals surface area contributed by atoms with Crippen molar-refractivity contribution < 1.29 is 9.53 Å². The molecule has 1 fully saturated rings. The average Bonchev–Trinajstić information content (AvgIpc) is 2.96. The fourth-order valence-electron chi connectivity index (χ4n) is 2.56. The molecule has 2 aromatic carbocycles. The Kier molecular flexibility index (Phi) is 5.14. The van der Waals surface area contributed by atoms with Gasteiger partial charge in [-0.15, -0.1) is 0 Å². The summed E-state index contributed by atoms with van der Waals surface area (Å²) < 4.78 is 5.17. The van der Waals surface area contributed by atoms with Gasteiger partial charge in [0.05, 0.1) is 12.8 Å². The summed E-state index contributed by atoms with van der Waals surface area (Å²) in [6.45, 7) is 2.72. The van der Waals surface area contributed by atoms with E-state index in [1.165, 1.54) is 0 Å². The number of nitrogens with zero attached hydrogens (tertiary/aromatic N) is 2. The summed E-state index contributed by atoms with van der Waals surface area (Å²) in [5.41, 5.74) is 2.22. The molecule has 5 heteroatoms. The highest BCUT2D eigenvalue weighted by Gasteiger charge is 2.32. The predicted molar refractivity (Wildman–Crippen MR) is 101 cm³/mol. The van der Waals surface area contributed by atoms with Crippen molar-refractivity contribution in [2.45, 2.75) is 13.3 Å². The Bertz CT molecular complexity index is 795. The SMILES string of the molecule is CCCN=C1N/C(=C\c2ccc(OC)cc2)C(=O)N1c1ccccc1. The normalized spacial score (nSPS) is 17.2. The zero-order chi connectivity index (χ0) is 17.6. The van der Waals surface area contributed by atoms with Crippen LogP contribution in [0, 0.1) is 0 Å². The maximum atomic E-state index is 12.9. The Balaban J connectivity index is 1.93. The molecule has 0 spiro atoms. The highest BCUT2D eigenvalue weighted by Crippen LogP contribution is 2.22. The van der Waals surface area contributed by atoms with Crippen LogP contribution >= 0.6 is 0 Å². The minimum absolute atomic E-state index is 0.114. The molecule has 1 aliphatic rings. The molecule has 0 radical (unpaired) electrons. The summed E-state index contributed by atoms with van der Waals surface area (Å²) in [4.78, 5) is 19.0. The number of hydrogen-bond acceptors (Lipinski definition) is 3. The lowest BCUT2D eigenvalue weighted by Gasteiger charge is -2.14. The molecule has 5 nitrogen and oxygen atoms in total. The van der Waals surface area contributed by atoms with Crippen LogP contribution in [0.5, 0.6) is 5.75 Å². The Morgan fingerprint density at radius 1 is 1.12 bits per heavy atom. The van der Waals surface area contributed by atoms with Gasteiger partial charge in [0, 0.05) is 6.54 Å². The van der Waals surface area contributed by atoms with Gasteiger partial charge in [0.25, 0.3) is 5.91 Å². The van der Waals surface area contributed by atoms with Crippen molar-refractivity contribution in [1.29, 1.82) is 0 Å². The van der Waals surface area contributed by atoms with Crippen molar-refractivity contribution in [2.24, 2.45) is 4.99 Å². The van der Waals surface area contributed by atoms with Gasteiger partial charge in [-0.25, -0.2) is 4.90 Å². The zero-order valence-corrected chi connectivity index (χ0v) is 14.4. The number of carbonyl (C=O) groups excluding carboxylic acids is 1. The first-order chi connectivity index (χ1) is 12.2. The molecule has 1 aliphatic heterocycles. The van der Waals surface area contributed by atoms with Crippen molar-refractivity contribution in [2.75, 3.05) is 18.6 Å². The number of para-hydroxylation sites is 1. The summed E-state index contributed by atoms with van der Waals surface area (Å²) in [7, 11) is 1.63. The number of ether oxygens (including phenoxy) is 1. The lowest BCUT2D eigenvalue weighted by molar-refractivity contribution is -0.113. The van der Waals surface area contributed by atoms with Gasteiger partial charge in [-0.1, -0.05) is 37.3 Å². The number of nitrogens with one attached hydrogen (secondary N) is 1. The minimum Gasteiger partial charge on any atom is -0.497 e. The number of anilines is 1. The molecule has 0 saturated carbocycles. The van der Waals surface area contributed by atoms with Gasteiger partial charge in [-0.05, 0) is 42.3 Å². The number of hydrogen-bond donors (Lipinski definition) is 1. The first-order valence-corrected chi connectivity index (χ1v) is 8.29. The van der Waals surface area contributed by atoms with Crippen LogP contribution in [0.1, 0.15) is 18.9 Å². The van der Waals surface area contributed by atoms with Crippen LogP contribution in [0.25, 0.3) is 6.08 Å². The third-order valence-corrected chi connectivity index (χ3v) is 3.82. The summed E-state index contributed by atoms with van der Waals surface area (Å²) in [5, 5.41) is 3.16. The molecule has 25 heavy (non-hydrogen) atoms. The molecule has 0 unspecified atom stereocenters. The number of methoxy groups -OCH3 is 1. The maximum Gasteiger partial charge on any atom is 0.281 e. The van der Waals surface area contributed by atoms with Crippen LogP contribution in [0.2, 0.25) is 0 Å². The molecular formula is C20H21N3O2. The first-order valence-electron chi connectivity index (χ1n) is 8.29. The van der Waals surface area contributed by atoms with Crippen molar-refractivity contribution in [1.82, 2.24) is 5.32 Å². The summed E-state index contributed by atoms with van der Waals surface area (Å²) in [6.07, 6.45) is 2.74. The number of benzene rings is 2. The quantitative estimate of drug-likeness (QED) is 0.852. The predicted octanol–water partition coefficient (Wildman–Crippen LogP) is 3.44. The van der Waals surface area contributed by atoms with E-state index in [9.17, 15) is 4.79 Å². The molecule has 1 heterocycles. The summed E-state index contributed by atoms with van der Waals surface area (Å²) in [5.74, 6) is 1.23. The third kappa shape index (κ3) is 3.71. The van der Waals surface area contributed by atoms with Gasteiger partial charge in [0.2, 0.25) is 5.96 Å². The second kappa shape index (κ2) is 7.66. The molecule has 0 aliphatic carbocycles. The van der Waals surface area contributed by atoms with E-state index in [-0.39, 0.29) is 5.91 Å². The fraction of sp³-hybridized carbons (Fsp3) is 0.200. The Hall–Kier alpha value is -3.08. The number of carbonyl (C=O) groups is 1. The van der Waals surface area contributed by atoms with Crippen LogP contribution in [0.3, 0.4) is 0 Å². The second-order valence-electron chi connectivity index (χ2n) is 5.64. The smallest absolute Gasteiger partial charge is 0.281 e. The molecule has 1 saturated heterocycles. The van der Waals surface area contributed by atoms with Gasteiger partial charge in [-0.2, -0.15) is 0 Å². The zero-order valence-electron chi connectivity index (χ0n) is 14.4. The highest BCUT2D eigenvalue weighted by atomic mass is 16.5. The van der Waals surface area contributed by atoms with Crippen LogP contribution in [0.15, 0.2) is 65.3 Å². The molecule has 0 atom stereocenters. The monoisotopic (exact) mass is 335 g/mol. The molecule has 0 bridgehead atoms. The number of guanidine groups is 1. The van der Waals surface area contributed by atoms with Crippen molar-refractivity contribution in [3.05, 3.63) is 65.9 Å². The molecule has 1 amide bonds. The van der Waals surface area contributed by atoms with E-state index in [0.717, 1.165) is 23.4 Å². The van der Waals surface area contributed by atoms with Crippen LogP contribution in [-0.2, 0) is 4.79 Å². The highest BCUT2D eigenvalue weighted by molar-refractivity contribution is 6.29. The number of rotatable bonds is 5. The van der Waals surface area contributed by atoms with Gasteiger partial charge in [0.15, 0.2) is 0 Å². The van der Waals surface area contributed by atoms with Gasteiger partial charge in [-0.3, -0.25) is 9.79 Å². The lowest BCUT2D eigenvalue weighted by Crippen LogP contribution is -2.32. The molecule has 0 aromatic heterocycles. The van der Waals surface area contributed by atoms with Gasteiger partial charge >= 0.3 is 0 Å². The Labute approximate surface area is 147 Å². The maximum absolute atomic E-state index is 12.9. The van der Waals surface area contributed by atoms with Crippen LogP contribution in [0.4, 0.5) is 5.69 Å². The second-order valence-corrected chi connectivity index (χ2v) is 5.64. The third-order valence-electron chi connectivity index (χ3n) is 3.82. The van der Waals surface area contributed by atoms with E-state index in [0.29, 0.717) is 18.2 Å². The van der Waals surface area contributed by atoms with Gasteiger partial charge < -0.3 is 10.1 Å². The number of amides is 1. The first kappa shape index (κ1) is 16.8. The van der Waals surface area contributed by atoms with E-state index >= 15 is 0 Å². The molecule has 2 aromatic rings. The molecule has 1 N–H and O–H groups in total. The molecule has 128 valence electrons. The standard InChI is InChI=1S/C20H21N3O2/c1-3-13-21-20-22-18(14-15-9-11-17(25-2)12-10-15)19(24)23(20)16-7-5-4-6-8-16/h4-12,14H,3,13H2,1-2H3,(H,21,22)/b18-14-. The summed E-state index contributed by atoms with van der Waals surface area (Å²) >= 11 is 0. The molecule has 3 rings (SSSR count). The van der Waals surface area contributed by atoms with Crippen LogP contribution in [-0.4, -0.2) is 25.5 Å². The van der Waals surface area contributed by atoms with Crippen molar-refractivity contribution >= 4 is 23.6 Å². The number of aliphatic imine (C=N–C) groups is 1. The largest absolute Gasteiger partial charge is 0.497 e. The Morgan fingerprint density at radius 2 is 1.84 bits per heavy atom. The summed E-state index contributed by atoms with van der Waals surface area (Å²) in [6, 6.07) is 17.1. The van der Waals surface area contributed by atoms with Gasteiger partial charge in [0.1, 0.15) is 11.4 Å². The van der Waals surface area contributed by atoms with E-state index in [4.69, 9.17) is 4.74 Å². The van der Waals surface area contributed by atoms with Crippen molar-refractivity contribution in [3.63, 3.8) is 0 Å². The van der Waals surface area contributed by atoms with E-state index < -0.39 is 0 Å². The average molecular weight is 335 g/mol. The van der Waals surface area contributed by atoms with E-state index in [2.05, 4.69) is 17.2 Å². The topological polar surface area (TPSA) is 53.9 Å². The van der Waals surface area contributed by atoms with Crippen LogP contribution < -0.4 is 15.0 Å². The van der Waals surface area contributed by atoms with Crippen molar-refractivity contribution in [3.8, 4) is 5.75 Å². The fourth-order valence-corrected chi connectivity index (χ4v) is 2.56. The molecular weight excluding hydrogens is 314 g/mol. The van der Waals surface area contributed by atoms with E-state index in [1.54, 1.807) is 12.0 Å². The lowest BCUT2D eigenvalue weighted by atomic mass is 10.2. The minimum atomic E-state index is -0.114. The van der Waals surface area contributed by atoms with E-state index in [1.807, 2.05) is 60.7 Å².